The summed E-state index contributed by atoms with van der Waals surface area (Å²) in [7, 11) is 1.39. The van der Waals surface area contributed by atoms with Crippen LogP contribution >= 0.6 is 15.9 Å². The van der Waals surface area contributed by atoms with Gasteiger partial charge in [-0.05, 0) is 46.3 Å². The van der Waals surface area contributed by atoms with Gasteiger partial charge in [0.05, 0.1) is 11.6 Å². The molecule has 0 aliphatic heterocycles. The van der Waals surface area contributed by atoms with Crippen molar-refractivity contribution in [2.24, 2.45) is 5.16 Å². The molecule has 0 saturated carbocycles. The SMILES string of the molecule is COc1ccc(F)cc1C(=NO)c1cccc(Br)c1F. The third kappa shape index (κ3) is 2.65. The Morgan fingerprint density at radius 1 is 1.20 bits per heavy atom. The molecule has 0 radical (unpaired) electrons. The lowest BCUT2D eigenvalue weighted by Crippen LogP contribution is -2.09. The van der Waals surface area contributed by atoms with Crippen LogP contribution in [0.1, 0.15) is 11.1 Å². The molecule has 0 aliphatic carbocycles. The van der Waals surface area contributed by atoms with E-state index in [1.165, 1.54) is 31.4 Å². The summed E-state index contributed by atoms with van der Waals surface area (Å²) in [6.45, 7) is 0. The fourth-order valence-electron chi connectivity index (χ4n) is 1.80. The molecule has 2 aromatic rings. The zero-order valence-corrected chi connectivity index (χ0v) is 12.0. The van der Waals surface area contributed by atoms with Crippen LogP contribution in [0.3, 0.4) is 0 Å². The van der Waals surface area contributed by atoms with Crippen LogP contribution < -0.4 is 4.74 Å². The van der Waals surface area contributed by atoms with Crippen LogP contribution in [0.5, 0.6) is 5.75 Å². The molecule has 20 heavy (non-hydrogen) atoms. The Morgan fingerprint density at radius 3 is 2.60 bits per heavy atom. The second-order valence-electron chi connectivity index (χ2n) is 3.89. The van der Waals surface area contributed by atoms with Crippen molar-refractivity contribution >= 4 is 21.6 Å². The highest BCUT2D eigenvalue weighted by molar-refractivity contribution is 9.10. The van der Waals surface area contributed by atoms with Crippen molar-refractivity contribution in [1.82, 2.24) is 0 Å². The number of hydrogen-bond donors (Lipinski definition) is 1. The molecule has 0 atom stereocenters. The van der Waals surface area contributed by atoms with E-state index < -0.39 is 11.6 Å². The van der Waals surface area contributed by atoms with Gasteiger partial charge in [-0.3, -0.25) is 0 Å². The molecule has 0 aliphatic rings. The molecule has 0 fully saturated rings. The van der Waals surface area contributed by atoms with E-state index in [2.05, 4.69) is 21.1 Å². The van der Waals surface area contributed by atoms with Crippen molar-refractivity contribution in [3.8, 4) is 5.75 Å². The highest BCUT2D eigenvalue weighted by Gasteiger charge is 2.19. The van der Waals surface area contributed by atoms with E-state index in [0.29, 0.717) is 0 Å². The second kappa shape index (κ2) is 6.00. The van der Waals surface area contributed by atoms with Crippen molar-refractivity contribution in [2.45, 2.75) is 0 Å². The summed E-state index contributed by atoms with van der Waals surface area (Å²) in [6.07, 6.45) is 0. The van der Waals surface area contributed by atoms with Gasteiger partial charge in [0, 0.05) is 11.1 Å². The Hall–Kier alpha value is -1.95. The minimum Gasteiger partial charge on any atom is -0.496 e. The molecule has 0 saturated heterocycles. The summed E-state index contributed by atoms with van der Waals surface area (Å²) in [5.74, 6) is -0.873. The Bertz CT molecular complexity index is 674. The van der Waals surface area contributed by atoms with Crippen molar-refractivity contribution < 1.29 is 18.7 Å². The maximum atomic E-state index is 14.1. The van der Waals surface area contributed by atoms with E-state index in [4.69, 9.17) is 4.74 Å². The Morgan fingerprint density at radius 2 is 1.95 bits per heavy atom. The number of nitrogens with zero attached hydrogens (tertiary/aromatic N) is 1. The molecule has 3 nitrogen and oxygen atoms in total. The standard InChI is InChI=1S/C14H10BrF2NO2/c1-20-12-6-5-8(16)7-10(12)14(18-19)9-3-2-4-11(15)13(9)17/h2-7,19H,1H3. The molecule has 1 N–H and O–H groups in total. The molecule has 0 aromatic heterocycles. The van der Waals surface area contributed by atoms with Gasteiger partial charge in [0.1, 0.15) is 23.1 Å². The molecule has 0 amide bonds. The number of benzene rings is 2. The number of oxime groups is 1. The molecule has 0 heterocycles. The quantitative estimate of drug-likeness (QED) is 0.521. The number of halogens is 3. The van der Waals surface area contributed by atoms with E-state index in [1.807, 2.05) is 0 Å². The average Bonchev–Trinajstić information content (AvgIpc) is 2.44. The Balaban J connectivity index is 2.65. The molecule has 0 spiro atoms. The summed E-state index contributed by atoms with van der Waals surface area (Å²) >= 11 is 3.05. The van der Waals surface area contributed by atoms with Crippen LogP contribution in [0, 0.1) is 11.6 Å². The summed E-state index contributed by atoms with van der Waals surface area (Å²) in [6, 6.07) is 8.23. The maximum Gasteiger partial charge on any atom is 0.146 e. The van der Waals surface area contributed by atoms with Gasteiger partial charge in [-0.15, -0.1) is 0 Å². The van der Waals surface area contributed by atoms with Crippen LogP contribution in [0.4, 0.5) is 8.78 Å². The van der Waals surface area contributed by atoms with Crippen molar-refractivity contribution in [2.75, 3.05) is 7.11 Å². The number of ether oxygens (including phenoxy) is 1. The molecule has 0 bridgehead atoms. The molecule has 0 unspecified atom stereocenters. The van der Waals surface area contributed by atoms with E-state index in [-0.39, 0.29) is 27.1 Å². The number of rotatable bonds is 3. The van der Waals surface area contributed by atoms with Gasteiger partial charge in [-0.25, -0.2) is 8.78 Å². The predicted octanol–water partition coefficient (Wildman–Crippen LogP) is 3.96. The van der Waals surface area contributed by atoms with Gasteiger partial charge in [0.25, 0.3) is 0 Å². The smallest absolute Gasteiger partial charge is 0.146 e. The summed E-state index contributed by atoms with van der Waals surface area (Å²) < 4.78 is 32.8. The first-order valence-electron chi connectivity index (χ1n) is 5.58. The summed E-state index contributed by atoms with van der Waals surface area (Å²) in [5, 5.41) is 12.3. The second-order valence-corrected chi connectivity index (χ2v) is 4.75. The lowest BCUT2D eigenvalue weighted by Gasteiger charge is -2.11. The highest BCUT2D eigenvalue weighted by atomic mass is 79.9. The molecule has 6 heteroatoms. The number of hydrogen-bond acceptors (Lipinski definition) is 3. The number of methoxy groups -OCH3 is 1. The van der Waals surface area contributed by atoms with E-state index in [9.17, 15) is 14.0 Å². The van der Waals surface area contributed by atoms with E-state index in [0.717, 1.165) is 6.07 Å². The summed E-state index contributed by atoms with van der Waals surface area (Å²) in [5.41, 5.74) is 0.0814. The van der Waals surface area contributed by atoms with Crippen molar-refractivity contribution in [3.63, 3.8) is 0 Å². The van der Waals surface area contributed by atoms with Gasteiger partial charge in [-0.2, -0.15) is 0 Å². The topological polar surface area (TPSA) is 41.8 Å². The first kappa shape index (κ1) is 14.5. The van der Waals surface area contributed by atoms with Crippen LogP contribution in [-0.4, -0.2) is 18.0 Å². The molecule has 2 rings (SSSR count). The van der Waals surface area contributed by atoms with Crippen LogP contribution in [0.15, 0.2) is 46.0 Å². The average molecular weight is 342 g/mol. The first-order valence-corrected chi connectivity index (χ1v) is 6.38. The molecule has 104 valence electrons. The molecular formula is C14H10BrF2NO2. The van der Waals surface area contributed by atoms with Gasteiger partial charge < -0.3 is 9.94 Å². The summed E-state index contributed by atoms with van der Waals surface area (Å²) in [4.78, 5) is 0. The fourth-order valence-corrected chi connectivity index (χ4v) is 2.17. The highest BCUT2D eigenvalue weighted by Crippen LogP contribution is 2.26. The van der Waals surface area contributed by atoms with Gasteiger partial charge in [0.15, 0.2) is 0 Å². The first-order chi connectivity index (χ1) is 9.58. The van der Waals surface area contributed by atoms with Gasteiger partial charge in [-0.1, -0.05) is 11.2 Å². The van der Waals surface area contributed by atoms with Crippen LogP contribution in [-0.2, 0) is 0 Å². The van der Waals surface area contributed by atoms with E-state index >= 15 is 0 Å². The third-order valence-corrected chi connectivity index (χ3v) is 3.34. The third-order valence-electron chi connectivity index (χ3n) is 2.72. The largest absolute Gasteiger partial charge is 0.496 e. The van der Waals surface area contributed by atoms with Gasteiger partial charge in [0.2, 0.25) is 0 Å². The Labute approximate surface area is 122 Å². The monoisotopic (exact) mass is 341 g/mol. The van der Waals surface area contributed by atoms with Crippen molar-refractivity contribution in [1.29, 1.82) is 0 Å². The maximum absolute atomic E-state index is 14.1. The predicted molar refractivity (Wildman–Crippen MR) is 74.5 cm³/mol. The zero-order chi connectivity index (χ0) is 14.7. The van der Waals surface area contributed by atoms with E-state index in [1.54, 1.807) is 6.07 Å². The lowest BCUT2D eigenvalue weighted by atomic mass is 10.0. The normalized spacial score (nSPS) is 11.5. The molecular weight excluding hydrogens is 332 g/mol. The van der Waals surface area contributed by atoms with Crippen molar-refractivity contribution in [3.05, 3.63) is 63.6 Å². The zero-order valence-electron chi connectivity index (χ0n) is 10.4. The van der Waals surface area contributed by atoms with Crippen LogP contribution in [0.25, 0.3) is 0 Å². The Kier molecular flexibility index (Phi) is 4.34. The fraction of sp³-hybridized carbons (Fsp3) is 0.0714. The van der Waals surface area contributed by atoms with Gasteiger partial charge >= 0.3 is 0 Å². The van der Waals surface area contributed by atoms with Crippen LogP contribution in [0.2, 0.25) is 0 Å². The minimum atomic E-state index is -0.605. The lowest BCUT2D eigenvalue weighted by molar-refractivity contribution is 0.319. The minimum absolute atomic E-state index is 0.0331. The molecule has 2 aromatic carbocycles.